The lowest BCUT2D eigenvalue weighted by Gasteiger charge is -2.21. The monoisotopic (exact) mass is 201 g/mol. The molecule has 1 fully saturated rings. The minimum Gasteiger partial charge on any atom is -0.389 e. The first-order valence-electron chi connectivity index (χ1n) is 5.65. The third-order valence-corrected chi connectivity index (χ3v) is 2.74. The van der Waals surface area contributed by atoms with Crippen molar-refractivity contribution < 1.29 is 9.84 Å². The third kappa shape index (κ3) is 5.58. The van der Waals surface area contributed by atoms with Gasteiger partial charge in [-0.15, -0.1) is 0 Å². The molecule has 1 aliphatic carbocycles. The van der Waals surface area contributed by atoms with Crippen LogP contribution < -0.4 is 5.32 Å². The van der Waals surface area contributed by atoms with Crippen LogP contribution in [-0.4, -0.2) is 37.0 Å². The van der Waals surface area contributed by atoms with Gasteiger partial charge in [-0.25, -0.2) is 0 Å². The molecule has 0 saturated heterocycles. The van der Waals surface area contributed by atoms with E-state index >= 15 is 0 Å². The van der Waals surface area contributed by atoms with Crippen molar-refractivity contribution in [2.45, 2.75) is 38.7 Å². The van der Waals surface area contributed by atoms with E-state index < -0.39 is 5.60 Å². The van der Waals surface area contributed by atoms with Crippen LogP contribution >= 0.6 is 0 Å². The molecule has 1 aliphatic rings. The Morgan fingerprint density at radius 3 is 2.79 bits per heavy atom. The molecule has 0 aliphatic heterocycles. The molecule has 0 heterocycles. The van der Waals surface area contributed by atoms with Gasteiger partial charge in [0.25, 0.3) is 0 Å². The zero-order valence-electron chi connectivity index (χ0n) is 9.38. The second kappa shape index (κ2) is 5.69. The van der Waals surface area contributed by atoms with Gasteiger partial charge in [-0.2, -0.15) is 0 Å². The Labute approximate surface area is 86.8 Å². The molecule has 0 bridgehead atoms. The zero-order valence-corrected chi connectivity index (χ0v) is 9.38. The third-order valence-electron chi connectivity index (χ3n) is 2.74. The standard InChI is InChI=1S/C11H23NO2/c1-3-11(2,13)9-12-6-7-14-8-10-4-5-10/h10,12-13H,3-9H2,1-2H3. The van der Waals surface area contributed by atoms with Crippen LogP contribution in [0.5, 0.6) is 0 Å². The molecule has 0 aromatic rings. The maximum absolute atomic E-state index is 9.67. The smallest absolute Gasteiger partial charge is 0.0741 e. The van der Waals surface area contributed by atoms with Gasteiger partial charge in [0.1, 0.15) is 0 Å². The van der Waals surface area contributed by atoms with E-state index in [4.69, 9.17) is 4.74 Å². The van der Waals surface area contributed by atoms with E-state index in [1.54, 1.807) is 0 Å². The highest BCUT2D eigenvalue weighted by Crippen LogP contribution is 2.28. The molecule has 0 aromatic carbocycles. The molecule has 1 unspecified atom stereocenters. The van der Waals surface area contributed by atoms with E-state index in [2.05, 4.69) is 5.32 Å². The van der Waals surface area contributed by atoms with Crippen LogP contribution in [0, 0.1) is 5.92 Å². The number of rotatable bonds is 8. The molecule has 0 spiro atoms. The van der Waals surface area contributed by atoms with Crippen LogP contribution in [-0.2, 0) is 4.74 Å². The summed E-state index contributed by atoms with van der Waals surface area (Å²) >= 11 is 0. The van der Waals surface area contributed by atoms with Crippen LogP contribution in [0.1, 0.15) is 33.1 Å². The SMILES string of the molecule is CCC(C)(O)CNCCOCC1CC1. The minimum absolute atomic E-state index is 0.573. The van der Waals surface area contributed by atoms with E-state index in [0.29, 0.717) is 6.54 Å². The van der Waals surface area contributed by atoms with Crippen molar-refractivity contribution in [2.24, 2.45) is 5.92 Å². The van der Waals surface area contributed by atoms with E-state index in [9.17, 15) is 5.11 Å². The fraction of sp³-hybridized carbons (Fsp3) is 1.00. The van der Waals surface area contributed by atoms with Crippen molar-refractivity contribution in [3.05, 3.63) is 0 Å². The first kappa shape index (κ1) is 12.0. The summed E-state index contributed by atoms with van der Waals surface area (Å²) in [4.78, 5) is 0. The normalized spacial score (nSPS) is 20.8. The molecule has 3 nitrogen and oxygen atoms in total. The van der Waals surface area contributed by atoms with Gasteiger partial charge in [-0.3, -0.25) is 0 Å². The number of nitrogens with one attached hydrogen (secondary N) is 1. The van der Waals surface area contributed by atoms with Gasteiger partial charge in [-0.1, -0.05) is 6.92 Å². The summed E-state index contributed by atoms with van der Waals surface area (Å²) in [6.45, 7) is 7.01. The summed E-state index contributed by atoms with van der Waals surface area (Å²) in [5.74, 6) is 0.841. The van der Waals surface area contributed by atoms with E-state index in [0.717, 1.165) is 32.1 Å². The van der Waals surface area contributed by atoms with Crippen LogP contribution in [0.3, 0.4) is 0 Å². The van der Waals surface area contributed by atoms with Crippen LogP contribution in [0.25, 0.3) is 0 Å². The van der Waals surface area contributed by atoms with Crippen molar-refractivity contribution in [2.75, 3.05) is 26.3 Å². The van der Waals surface area contributed by atoms with Crippen LogP contribution in [0.4, 0.5) is 0 Å². The van der Waals surface area contributed by atoms with E-state index in [1.807, 2.05) is 13.8 Å². The number of hydrogen-bond donors (Lipinski definition) is 2. The van der Waals surface area contributed by atoms with Gasteiger partial charge < -0.3 is 15.2 Å². The van der Waals surface area contributed by atoms with Gasteiger partial charge in [0.2, 0.25) is 0 Å². The van der Waals surface area contributed by atoms with Gasteiger partial charge in [0, 0.05) is 19.7 Å². The molecular formula is C11H23NO2. The highest BCUT2D eigenvalue weighted by molar-refractivity contribution is 4.73. The average molecular weight is 201 g/mol. The summed E-state index contributed by atoms with van der Waals surface area (Å²) in [7, 11) is 0. The second-order valence-corrected chi connectivity index (χ2v) is 4.55. The van der Waals surface area contributed by atoms with Crippen LogP contribution in [0.2, 0.25) is 0 Å². The molecule has 3 heteroatoms. The zero-order chi connectivity index (χ0) is 10.4. The van der Waals surface area contributed by atoms with E-state index in [1.165, 1.54) is 12.8 Å². The Hall–Kier alpha value is -0.120. The topological polar surface area (TPSA) is 41.5 Å². The Morgan fingerprint density at radius 1 is 1.50 bits per heavy atom. The summed E-state index contributed by atoms with van der Waals surface area (Å²) < 4.78 is 5.46. The quantitative estimate of drug-likeness (QED) is 0.579. The van der Waals surface area contributed by atoms with Crippen molar-refractivity contribution in [3.63, 3.8) is 0 Å². The van der Waals surface area contributed by atoms with Gasteiger partial charge in [0.15, 0.2) is 0 Å². The summed E-state index contributed by atoms with van der Waals surface area (Å²) in [6, 6.07) is 0. The number of aliphatic hydroxyl groups is 1. The van der Waals surface area contributed by atoms with E-state index in [-0.39, 0.29) is 0 Å². The highest BCUT2D eigenvalue weighted by Gasteiger charge is 2.21. The molecule has 0 radical (unpaired) electrons. The van der Waals surface area contributed by atoms with Crippen molar-refractivity contribution in [1.82, 2.24) is 5.32 Å². The molecule has 1 rings (SSSR count). The molecule has 0 amide bonds. The summed E-state index contributed by atoms with van der Waals surface area (Å²) in [5, 5.41) is 12.9. The van der Waals surface area contributed by atoms with Gasteiger partial charge in [-0.05, 0) is 32.1 Å². The molecular weight excluding hydrogens is 178 g/mol. The molecule has 2 N–H and O–H groups in total. The molecule has 0 aromatic heterocycles. The highest BCUT2D eigenvalue weighted by atomic mass is 16.5. The fourth-order valence-corrected chi connectivity index (χ4v) is 1.16. The second-order valence-electron chi connectivity index (χ2n) is 4.55. The molecule has 1 saturated carbocycles. The predicted molar refractivity (Wildman–Crippen MR) is 57.3 cm³/mol. The van der Waals surface area contributed by atoms with Crippen molar-refractivity contribution in [3.8, 4) is 0 Å². The van der Waals surface area contributed by atoms with Crippen molar-refractivity contribution in [1.29, 1.82) is 0 Å². The minimum atomic E-state index is -0.573. The first-order chi connectivity index (χ1) is 6.64. The Kier molecular flexibility index (Phi) is 4.85. The predicted octanol–water partition coefficient (Wildman–Crippen LogP) is 1.16. The maximum atomic E-state index is 9.67. The first-order valence-corrected chi connectivity index (χ1v) is 5.65. The fourth-order valence-electron chi connectivity index (χ4n) is 1.16. The molecule has 1 atom stereocenters. The lowest BCUT2D eigenvalue weighted by Crippen LogP contribution is -2.38. The average Bonchev–Trinajstić information content (AvgIpc) is 2.95. The molecule has 14 heavy (non-hydrogen) atoms. The largest absolute Gasteiger partial charge is 0.389 e. The lowest BCUT2D eigenvalue weighted by atomic mass is 10.0. The van der Waals surface area contributed by atoms with Crippen LogP contribution in [0.15, 0.2) is 0 Å². The Morgan fingerprint density at radius 2 is 2.21 bits per heavy atom. The number of ether oxygens (including phenoxy) is 1. The maximum Gasteiger partial charge on any atom is 0.0741 e. The number of hydrogen-bond acceptors (Lipinski definition) is 3. The van der Waals surface area contributed by atoms with Crippen molar-refractivity contribution >= 4 is 0 Å². The summed E-state index contributed by atoms with van der Waals surface area (Å²) in [6.07, 6.45) is 3.47. The Bertz CT molecular complexity index is 155. The summed E-state index contributed by atoms with van der Waals surface area (Å²) in [5.41, 5.74) is -0.573. The Balaban J connectivity index is 1.83. The molecule has 84 valence electrons. The van der Waals surface area contributed by atoms with Gasteiger partial charge >= 0.3 is 0 Å². The van der Waals surface area contributed by atoms with Gasteiger partial charge in [0.05, 0.1) is 12.2 Å². The lowest BCUT2D eigenvalue weighted by molar-refractivity contribution is 0.0520.